The number of hydrogen-bond donors (Lipinski definition) is 1. The van der Waals surface area contributed by atoms with Crippen LogP contribution in [0.4, 0.5) is 0 Å². The van der Waals surface area contributed by atoms with Gasteiger partial charge in [-0.3, -0.25) is 0 Å². The lowest BCUT2D eigenvalue weighted by Gasteiger charge is -2.32. The Balaban J connectivity index is 1.88. The van der Waals surface area contributed by atoms with Crippen molar-refractivity contribution in [3.05, 3.63) is 0 Å². The van der Waals surface area contributed by atoms with Gasteiger partial charge < -0.3 is 5.32 Å². The predicted octanol–water partition coefficient (Wildman–Crippen LogP) is 2.61. The van der Waals surface area contributed by atoms with Gasteiger partial charge in [0, 0.05) is 23.6 Å². The van der Waals surface area contributed by atoms with Crippen molar-refractivity contribution < 1.29 is 8.42 Å². The van der Waals surface area contributed by atoms with Gasteiger partial charge in [0.1, 0.15) is 9.84 Å². The lowest BCUT2D eigenvalue weighted by Crippen LogP contribution is -2.45. The highest BCUT2D eigenvalue weighted by Gasteiger charge is 2.33. The highest BCUT2D eigenvalue weighted by atomic mass is 32.2. The number of sulfone groups is 1. The molecule has 0 aromatic carbocycles. The molecule has 0 amide bonds. The van der Waals surface area contributed by atoms with Gasteiger partial charge in [-0.1, -0.05) is 19.8 Å². The van der Waals surface area contributed by atoms with E-state index in [-0.39, 0.29) is 5.25 Å². The smallest absolute Gasteiger partial charge is 0.150 e. The zero-order valence-electron chi connectivity index (χ0n) is 12.1. The van der Waals surface area contributed by atoms with Crippen molar-refractivity contribution in [3.8, 4) is 0 Å². The first-order valence-corrected chi connectivity index (χ1v) is 10.6. The van der Waals surface area contributed by atoms with Crippen LogP contribution in [0.25, 0.3) is 0 Å². The minimum Gasteiger partial charge on any atom is -0.310 e. The Bertz CT molecular complexity index is 383. The zero-order valence-corrected chi connectivity index (χ0v) is 13.7. The summed E-state index contributed by atoms with van der Waals surface area (Å²) in [6, 6.07) is 1.02. The van der Waals surface area contributed by atoms with Crippen LogP contribution in [0.1, 0.15) is 51.9 Å². The molecule has 112 valence electrons. The van der Waals surface area contributed by atoms with E-state index in [0.717, 1.165) is 30.9 Å². The topological polar surface area (TPSA) is 46.2 Å². The van der Waals surface area contributed by atoms with Gasteiger partial charge >= 0.3 is 0 Å². The Hall–Kier alpha value is 0.260. The third-order valence-electron chi connectivity index (χ3n) is 4.51. The third kappa shape index (κ3) is 4.36. The van der Waals surface area contributed by atoms with Crippen LogP contribution < -0.4 is 5.32 Å². The van der Waals surface area contributed by atoms with Crippen molar-refractivity contribution in [2.75, 3.05) is 12.0 Å². The summed E-state index contributed by atoms with van der Waals surface area (Å²) in [5.41, 5.74) is 0. The Labute approximate surface area is 122 Å². The molecule has 2 aliphatic rings. The molecule has 2 saturated carbocycles. The molecule has 0 heterocycles. The summed E-state index contributed by atoms with van der Waals surface area (Å²) >= 11 is 2.06. The van der Waals surface area contributed by atoms with Crippen LogP contribution in [-0.2, 0) is 9.84 Å². The Morgan fingerprint density at radius 2 is 1.89 bits per heavy atom. The molecule has 0 aromatic heterocycles. The maximum atomic E-state index is 11.7. The Kier molecular flexibility index (Phi) is 5.61. The van der Waals surface area contributed by atoms with E-state index in [1.807, 2.05) is 0 Å². The van der Waals surface area contributed by atoms with E-state index in [0.29, 0.717) is 12.1 Å². The van der Waals surface area contributed by atoms with E-state index < -0.39 is 9.84 Å². The van der Waals surface area contributed by atoms with Crippen molar-refractivity contribution in [2.45, 2.75) is 74.5 Å². The molecule has 0 aliphatic heterocycles. The van der Waals surface area contributed by atoms with Crippen LogP contribution >= 0.6 is 11.8 Å². The van der Waals surface area contributed by atoms with Crippen LogP contribution in [0.2, 0.25) is 0 Å². The Morgan fingerprint density at radius 3 is 2.58 bits per heavy atom. The molecule has 1 N–H and O–H groups in total. The summed E-state index contributed by atoms with van der Waals surface area (Å²) in [6.07, 6.45) is 9.16. The van der Waals surface area contributed by atoms with E-state index in [1.54, 1.807) is 0 Å². The zero-order chi connectivity index (χ0) is 13.9. The van der Waals surface area contributed by atoms with Crippen LogP contribution in [0.5, 0.6) is 0 Å². The normalized spacial score (nSPS) is 36.5. The van der Waals surface area contributed by atoms with Crippen molar-refractivity contribution in [1.29, 1.82) is 0 Å². The first kappa shape index (κ1) is 15.6. The second-order valence-electron chi connectivity index (χ2n) is 6.01. The number of rotatable bonds is 5. The summed E-state index contributed by atoms with van der Waals surface area (Å²) < 4.78 is 23.4. The fraction of sp³-hybridized carbons (Fsp3) is 1.00. The molecule has 0 saturated heterocycles. The highest BCUT2D eigenvalue weighted by Crippen LogP contribution is 2.32. The van der Waals surface area contributed by atoms with Crippen molar-refractivity contribution in [1.82, 2.24) is 5.32 Å². The predicted molar refractivity (Wildman–Crippen MR) is 83.6 cm³/mol. The van der Waals surface area contributed by atoms with E-state index in [4.69, 9.17) is 0 Å². The van der Waals surface area contributed by atoms with Gasteiger partial charge in [0.05, 0.1) is 5.25 Å². The van der Waals surface area contributed by atoms with Crippen molar-refractivity contribution in [3.63, 3.8) is 0 Å². The lowest BCUT2D eigenvalue weighted by atomic mass is 9.94. The SMILES string of the molecule is CCSC1CCCC1NC1CCCC(S(C)(=O)=O)C1. The maximum absolute atomic E-state index is 11.7. The fourth-order valence-corrected chi connectivity index (χ4v) is 5.90. The molecular weight excluding hydrogens is 278 g/mol. The van der Waals surface area contributed by atoms with E-state index in [1.165, 1.54) is 31.3 Å². The molecule has 0 radical (unpaired) electrons. The van der Waals surface area contributed by atoms with Gasteiger partial charge in [0.25, 0.3) is 0 Å². The first-order valence-electron chi connectivity index (χ1n) is 7.57. The third-order valence-corrected chi connectivity index (χ3v) is 7.48. The molecule has 2 rings (SSSR count). The number of thioether (sulfide) groups is 1. The van der Waals surface area contributed by atoms with E-state index in [2.05, 4.69) is 24.0 Å². The highest BCUT2D eigenvalue weighted by molar-refractivity contribution is 7.99. The van der Waals surface area contributed by atoms with Crippen molar-refractivity contribution >= 4 is 21.6 Å². The standard InChI is InChI=1S/C14H27NO2S2/c1-3-18-14-9-5-8-13(14)15-11-6-4-7-12(10-11)19(2,16)17/h11-15H,3-10H2,1-2H3. The second-order valence-corrected chi connectivity index (χ2v) is 9.85. The summed E-state index contributed by atoms with van der Waals surface area (Å²) in [5.74, 6) is 1.18. The minimum atomic E-state index is -2.86. The van der Waals surface area contributed by atoms with Gasteiger partial charge in [-0.2, -0.15) is 11.8 Å². The molecule has 19 heavy (non-hydrogen) atoms. The average Bonchev–Trinajstić information content (AvgIpc) is 2.77. The number of hydrogen-bond acceptors (Lipinski definition) is 4. The molecule has 2 fully saturated rings. The number of nitrogens with one attached hydrogen (secondary N) is 1. The average molecular weight is 306 g/mol. The summed E-state index contributed by atoms with van der Waals surface area (Å²) in [6.45, 7) is 2.22. The van der Waals surface area contributed by atoms with Gasteiger partial charge in [-0.15, -0.1) is 0 Å². The molecule has 4 atom stereocenters. The van der Waals surface area contributed by atoms with Crippen LogP contribution in [0.15, 0.2) is 0 Å². The van der Waals surface area contributed by atoms with Crippen LogP contribution in [0.3, 0.4) is 0 Å². The second kappa shape index (κ2) is 6.81. The summed E-state index contributed by atoms with van der Waals surface area (Å²) in [5, 5.41) is 4.40. The summed E-state index contributed by atoms with van der Waals surface area (Å²) in [7, 11) is -2.86. The molecule has 4 unspecified atom stereocenters. The molecule has 0 bridgehead atoms. The molecule has 0 aromatic rings. The van der Waals surface area contributed by atoms with Gasteiger partial charge in [-0.25, -0.2) is 8.42 Å². The minimum absolute atomic E-state index is 0.113. The Morgan fingerprint density at radius 1 is 1.16 bits per heavy atom. The van der Waals surface area contributed by atoms with Gasteiger partial charge in [-0.05, 0) is 37.9 Å². The van der Waals surface area contributed by atoms with E-state index in [9.17, 15) is 8.42 Å². The molecule has 2 aliphatic carbocycles. The van der Waals surface area contributed by atoms with Crippen molar-refractivity contribution in [2.24, 2.45) is 0 Å². The monoisotopic (exact) mass is 305 g/mol. The van der Waals surface area contributed by atoms with Gasteiger partial charge in [0.2, 0.25) is 0 Å². The quantitative estimate of drug-likeness (QED) is 0.848. The van der Waals surface area contributed by atoms with Crippen LogP contribution in [0, 0.1) is 0 Å². The molecule has 3 nitrogen and oxygen atoms in total. The maximum Gasteiger partial charge on any atom is 0.150 e. The van der Waals surface area contributed by atoms with Crippen LogP contribution in [-0.4, -0.2) is 43.0 Å². The first-order chi connectivity index (χ1) is 9.00. The lowest BCUT2D eigenvalue weighted by molar-refractivity contribution is 0.339. The fourth-order valence-electron chi connectivity index (χ4n) is 3.52. The molecule has 0 spiro atoms. The molecule has 5 heteroatoms. The van der Waals surface area contributed by atoms with E-state index >= 15 is 0 Å². The largest absolute Gasteiger partial charge is 0.310 e. The molecular formula is C14H27NO2S2. The summed E-state index contributed by atoms with van der Waals surface area (Å²) in [4.78, 5) is 0. The van der Waals surface area contributed by atoms with Gasteiger partial charge in [0.15, 0.2) is 0 Å².